The summed E-state index contributed by atoms with van der Waals surface area (Å²) in [7, 11) is 0. The Balaban J connectivity index is 2.09. The number of rotatable bonds is 3. The largest absolute Gasteiger partial charge is 0.504 e. The van der Waals surface area contributed by atoms with Crippen molar-refractivity contribution in [3.63, 3.8) is 0 Å². The molecule has 2 aromatic rings. The van der Waals surface area contributed by atoms with E-state index in [4.69, 9.17) is 0 Å². The number of hydrogen-bond acceptors (Lipinski definition) is 4. The fourth-order valence-electron chi connectivity index (χ4n) is 2.87. The monoisotopic (exact) mass is 312 g/mol. The van der Waals surface area contributed by atoms with Gasteiger partial charge in [-0.3, -0.25) is 4.79 Å². The van der Waals surface area contributed by atoms with E-state index in [0.717, 1.165) is 17.7 Å². The SMILES string of the molecule is CCC(C)N1C(=O)c2ccccc2NC1c1ccc(O)c(O)c1. The van der Waals surface area contributed by atoms with E-state index < -0.39 is 0 Å². The maximum absolute atomic E-state index is 12.9. The second-order valence-corrected chi connectivity index (χ2v) is 5.81. The van der Waals surface area contributed by atoms with Crippen molar-refractivity contribution in [1.29, 1.82) is 0 Å². The number of phenolic OH excluding ortho intramolecular Hbond substituents is 2. The number of nitrogens with one attached hydrogen (secondary N) is 1. The first-order valence-electron chi connectivity index (χ1n) is 7.73. The number of anilines is 1. The van der Waals surface area contributed by atoms with Crippen molar-refractivity contribution in [2.45, 2.75) is 32.5 Å². The summed E-state index contributed by atoms with van der Waals surface area (Å²) in [4.78, 5) is 14.7. The first kappa shape index (κ1) is 15.2. The molecule has 0 bridgehead atoms. The predicted octanol–water partition coefficient (Wildman–Crippen LogP) is 3.46. The van der Waals surface area contributed by atoms with Crippen molar-refractivity contribution in [3.8, 4) is 11.5 Å². The third kappa shape index (κ3) is 2.59. The molecule has 1 aliphatic heterocycles. The van der Waals surface area contributed by atoms with Gasteiger partial charge in [-0.25, -0.2) is 0 Å². The minimum atomic E-state index is -0.390. The number of benzene rings is 2. The smallest absolute Gasteiger partial charge is 0.258 e. The Morgan fingerprint density at radius 3 is 2.61 bits per heavy atom. The van der Waals surface area contributed by atoms with Crippen LogP contribution in [-0.2, 0) is 0 Å². The van der Waals surface area contributed by atoms with Gasteiger partial charge in [0.15, 0.2) is 11.5 Å². The third-order valence-corrected chi connectivity index (χ3v) is 4.34. The van der Waals surface area contributed by atoms with Crippen LogP contribution < -0.4 is 5.32 Å². The predicted molar refractivity (Wildman–Crippen MR) is 88.5 cm³/mol. The summed E-state index contributed by atoms with van der Waals surface area (Å²) in [6.07, 6.45) is 0.426. The van der Waals surface area contributed by atoms with Crippen molar-refractivity contribution in [1.82, 2.24) is 4.90 Å². The Kier molecular flexibility index (Phi) is 3.86. The highest BCUT2D eigenvalue weighted by atomic mass is 16.3. The molecule has 0 aromatic heterocycles. The Bertz CT molecular complexity index is 745. The molecule has 2 unspecified atom stereocenters. The molecule has 1 aliphatic rings. The van der Waals surface area contributed by atoms with Crippen LogP contribution in [0.2, 0.25) is 0 Å². The van der Waals surface area contributed by atoms with Crippen LogP contribution in [0.3, 0.4) is 0 Å². The second kappa shape index (κ2) is 5.83. The van der Waals surface area contributed by atoms with Gasteiger partial charge < -0.3 is 20.4 Å². The van der Waals surface area contributed by atoms with Crippen molar-refractivity contribution in [2.75, 3.05) is 5.32 Å². The van der Waals surface area contributed by atoms with E-state index in [9.17, 15) is 15.0 Å². The molecule has 23 heavy (non-hydrogen) atoms. The molecule has 0 aliphatic carbocycles. The molecule has 2 aromatic carbocycles. The Morgan fingerprint density at radius 1 is 1.17 bits per heavy atom. The normalized spacial score (nSPS) is 18.3. The van der Waals surface area contributed by atoms with E-state index in [1.165, 1.54) is 12.1 Å². The van der Waals surface area contributed by atoms with Crippen LogP contribution >= 0.6 is 0 Å². The number of phenols is 2. The molecular formula is C18H20N2O3. The number of nitrogens with zero attached hydrogens (tertiary/aromatic N) is 1. The van der Waals surface area contributed by atoms with E-state index in [1.54, 1.807) is 11.0 Å². The summed E-state index contributed by atoms with van der Waals surface area (Å²) in [5.74, 6) is -0.405. The van der Waals surface area contributed by atoms with Crippen molar-refractivity contribution < 1.29 is 15.0 Å². The van der Waals surface area contributed by atoms with Gasteiger partial charge >= 0.3 is 0 Å². The van der Waals surface area contributed by atoms with E-state index in [-0.39, 0.29) is 29.6 Å². The molecule has 0 saturated carbocycles. The quantitative estimate of drug-likeness (QED) is 0.759. The molecule has 120 valence electrons. The highest BCUT2D eigenvalue weighted by Gasteiger charge is 2.35. The molecule has 0 spiro atoms. The van der Waals surface area contributed by atoms with Crippen LogP contribution in [0.5, 0.6) is 11.5 Å². The maximum atomic E-state index is 12.9. The zero-order valence-electron chi connectivity index (χ0n) is 13.2. The lowest BCUT2D eigenvalue weighted by Crippen LogP contribution is -2.47. The lowest BCUT2D eigenvalue weighted by molar-refractivity contribution is 0.0593. The van der Waals surface area contributed by atoms with Gasteiger partial charge in [0.25, 0.3) is 5.91 Å². The van der Waals surface area contributed by atoms with Gasteiger partial charge in [0.1, 0.15) is 6.17 Å². The van der Waals surface area contributed by atoms with Crippen LogP contribution in [0.15, 0.2) is 42.5 Å². The zero-order valence-corrected chi connectivity index (χ0v) is 13.2. The molecule has 0 radical (unpaired) electrons. The molecule has 5 nitrogen and oxygen atoms in total. The highest BCUT2D eigenvalue weighted by Crippen LogP contribution is 2.37. The lowest BCUT2D eigenvalue weighted by atomic mass is 10.0. The number of aromatic hydroxyl groups is 2. The van der Waals surface area contributed by atoms with Crippen LogP contribution in [0.4, 0.5) is 5.69 Å². The summed E-state index contributed by atoms with van der Waals surface area (Å²) >= 11 is 0. The summed E-state index contributed by atoms with van der Waals surface area (Å²) < 4.78 is 0. The number of carbonyl (C=O) groups excluding carboxylic acids is 1. The van der Waals surface area contributed by atoms with E-state index in [1.807, 2.05) is 38.1 Å². The Hall–Kier alpha value is -2.69. The van der Waals surface area contributed by atoms with Gasteiger partial charge in [-0.05, 0) is 43.2 Å². The van der Waals surface area contributed by atoms with Gasteiger partial charge in [-0.1, -0.05) is 25.1 Å². The Labute approximate surface area is 135 Å². The summed E-state index contributed by atoms with van der Waals surface area (Å²) in [5.41, 5.74) is 2.14. The highest BCUT2D eigenvalue weighted by molar-refractivity contribution is 6.01. The van der Waals surface area contributed by atoms with Gasteiger partial charge in [-0.2, -0.15) is 0 Å². The van der Waals surface area contributed by atoms with Gasteiger partial charge in [-0.15, -0.1) is 0 Å². The van der Waals surface area contributed by atoms with Gasteiger partial charge in [0.05, 0.1) is 5.56 Å². The number of amides is 1. The number of carbonyl (C=O) groups is 1. The van der Waals surface area contributed by atoms with Crippen LogP contribution in [0.1, 0.15) is 42.4 Å². The fourth-order valence-corrected chi connectivity index (χ4v) is 2.87. The van der Waals surface area contributed by atoms with E-state index in [2.05, 4.69) is 5.32 Å². The maximum Gasteiger partial charge on any atom is 0.258 e. The topological polar surface area (TPSA) is 72.8 Å². The van der Waals surface area contributed by atoms with Crippen molar-refractivity contribution >= 4 is 11.6 Å². The van der Waals surface area contributed by atoms with Gasteiger partial charge in [0.2, 0.25) is 0 Å². The van der Waals surface area contributed by atoms with E-state index >= 15 is 0 Å². The van der Waals surface area contributed by atoms with Crippen LogP contribution in [0.25, 0.3) is 0 Å². The molecular weight excluding hydrogens is 292 g/mol. The van der Waals surface area contributed by atoms with Crippen molar-refractivity contribution in [3.05, 3.63) is 53.6 Å². The van der Waals surface area contributed by atoms with Crippen LogP contribution in [0, 0.1) is 0 Å². The number of para-hydroxylation sites is 1. The molecule has 1 amide bonds. The average Bonchev–Trinajstić information content (AvgIpc) is 2.56. The van der Waals surface area contributed by atoms with Crippen LogP contribution in [-0.4, -0.2) is 27.1 Å². The molecule has 0 saturated heterocycles. The number of hydrogen-bond donors (Lipinski definition) is 3. The first-order valence-corrected chi connectivity index (χ1v) is 7.73. The molecule has 5 heteroatoms. The lowest BCUT2D eigenvalue weighted by Gasteiger charge is -2.41. The summed E-state index contributed by atoms with van der Waals surface area (Å²) in [6, 6.07) is 12.1. The van der Waals surface area contributed by atoms with Gasteiger partial charge in [0, 0.05) is 11.7 Å². The minimum Gasteiger partial charge on any atom is -0.504 e. The fraction of sp³-hybridized carbons (Fsp3) is 0.278. The second-order valence-electron chi connectivity index (χ2n) is 5.81. The number of fused-ring (bicyclic) bond motifs is 1. The first-order chi connectivity index (χ1) is 11.0. The third-order valence-electron chi connectivity index (χ3n) is 4.34. The molecule has 3 N–H and O–H groups in total. The summed E-state index contributed by atoms with van der Waals surface area (Å²) in [5, 5.41) is 22.7. The Morgan fingerprint density at radius 2 is 1.91 bits per heavy atom. The molecule has 0 fully saturated rings. The zero-order chi connectivity index (χ0) is 16.6. The molecule has 1 heterocycles. The molecule has 2 atom stereocenters. The average molecular weight is 312 g/mol. The minimum absolute atomic E-state index is 0.0318. The molecule has 3 rings (SSSR count). The summed E-state index contributed by atoms with van der Waals surface area (Å²) in [6.45, 7) is 4.03. The van der Waals surface area contributed by atoms with Crippen molar-refractivity contribution in [2.24, 2.45) is 0 Å². The standard InChI is InChI=1S/C18H20N2O3/c1-3-11(2)20-17(12-8-9-15(21)16(22)10-12)19-14-7-5-4-6-13(14)18(20)23/h4-11,17,19,21-22H,3H2,1-2H3. The van der Waals surface area contributed by atoms with E-state index in [0.29, 0.717) is 5.56 Å².